The lowest BCUT2D eigenvalue weighted by Crippen LogP contribution is -2.44. The highest BCUT2D eigenvalue weighted by atomic mass is 28.4. The number of hydrogen-bond acceptors (Lipinski definition) is 4. The van der Waals surface area contributed by atoms with E-state index in [9.17, 15) is 4.79 Å². The van der Waals surface area contributed by atoms with Crippen LogP contribution in [0.15, 0.2) is 12.4 Å². The summed E-state index contributed by atoms with van der Waals surface area (Å²) in [6.45, 7) is 19.3. The maximum Gasteiger partial charge on any atom is 0.250 e. The lowest BCUT2D eigenvalue weighted by atomic mass is 9.90. The smallest absolute Gasteiger partial charge is 0.250 e. The number of nitrogens with zero attached hydrogens (tertiary/aromatic N) is 1. The first-order valence-corrected chi connectivity index (χ1v) is 12.7. The monoisotopic (exact) mass is 400 g/mol. The van der Waals surface area contributed by atoms with Crippen molar-refractivity contribution in [2.75, 3.05) is 0 Å². The normalized spacial score (nSPS) is 19.3. The first-order chi connectivity index (χ1) is 12.8. The van der Waals surface area contributed by atoms with Crippen molar-refractivity contribution in [3.05, 3.63) is 40.5 Å². The molecule has 0 bridgehead atoms. The molecular formula is C22H32N2O3Si. The Labute approximate surface area is 169 Å². The third-order valence-electron chi connectivity index (χ3n) is 6.51. The summed E-state index contributed by atoms with van der Waals surface area (Å²) in [6, 6.07) is 0. The van der Waals surface area contributed by atoms with Crippen LogP contribution in [0, 0.1) is 20.8 Å². The Hall–Kier alpha value is -2.08. The molecule has 0 fully saturated rings. The maximum atomic E-state index is 13.0. The van der Waals surface area contributed by atoms with Crippen LogP contribution in [-0.2, 0) is 6.42 Å². The van der Waals surface area contributed by atoms with Crippen LogP contribution in [0.2, 0.25) is 18.1 Å². The van der Waals surface area contributed by atoms with Gasteiger partial charge in [0.2, 0.25) is 5.78 Å². The number of hydrogen-bond donors (Lipinski definition) is 1. The first-order valence-electron chi connectivity index (χ1n) is 9.83. The number of imidazole rings is 1. The molecule has 1 aliphatic rings. The van der Waals surface area contributed by atoms with E-state index < -0.39 is 13.9 Å². The maximum absolute atomic E-state index is 13.0. The number of carbonyl (C=O) groups is 1. The lowest BCUT2D eigenvalue weighted by molar-refractivity contribution is 0.0586. The van der Waals surface area contributed by atoms with Gasteiger partial charge >= 0.3 is 0 Å². The second-order valence-corrected chi connectivity index (χ2v) is 14.4. The molecule has 1 atom stereocenters. The summed E-state index contributed by atoms with van der Waals surface area (Å²) in [4.78, 5) is 20.0. The van der Waals surface area contributed by atoms with Crippen LogP contribution in [0.5, 0.6) is 11.5 Å². The van der Waals surface area contributed by atoms with Gasteiger partial charge in [0.25, 0.3) is 8.32 Å². The van der Waals surface area contributed by atoms with Gasteiger partial charge in [-0.05, 0) is 62.5 Å². The molecule has 2 aromatic rings. The quantitative estimate of drug-likeness (QED) is 0.559. The van der Waals surface area contributed by atoms with Crippen molar-refractivity contribution in [1.82, 2.24) is 9.97 Å². The number of fused-ring (bicyclic) bond motifs is 1. The third kappa shape index (κ3) is 3.17. The van der Waals surface area contributed by atoms with E-state index in [1.54, 1.807) is 12.4 Å². The van der Waals surface area contributed by atoms with Crippen LogP contribution in [0.1, 0.15) is 60.6 Å². The molecule has 0 unspecified atom stereocenters. The molecule has 3 rings (SSSR count). The number of ether oxygens (including phenoxy) is 1. The second kappa shape index (κ2) is 6.48. The molecule has 6 heteroatoms. The molecule has 1 aliphatic heterocycles. The van der Waals surface area contributed by atoms with Gasteiger partial charge < -0.3 is 14.1 Å². The van der Waals surface area contributed by atoms with E-state index in [1.807, 2.05) is 6.92 Å². The number of benzene rings is 1. The zero-order valence-electron chi connectivity index (χ0n) is 18.5. The largest absolute Gasteiger partial charge is 0.543 e. The molecule has 0 aliphatic carbocycles. The Kier molecular flexibility index (Phi) is 4.77. The minimum Gasteiger partial charge on any atom is -0.543 e. The second-order valence-electron chi connectivity index (χ2n) is 9.65. The van der Waals surface area contributed by atoms with Gasteiger partial charge in [-0.2, -0.15) is 0 Å². The van der Waals surface area contributed by atoms with Gasteiger partial charge in [0.1, 0.15) is 11.5 Å². The average molecular weight is 401 g/mol. The summed E-state index contributed by atoms with van der Waals surface area (Å²) in [5.41, 5.74) is 3.33. The van der Waals surface area contributed by atoms with E-state index in [1.165, 1.54) is 0 Å². The fourth-order valence-corrected chi connectivity index (χ4v) is 4.56. The minimum absolute atomic E-state index is 0.110. The molecule has 0 amide bonds. The SMILES string of the molecule is Cc1c(C)c2c(c(C)c1O[Si](C)(C)C(C)(C)C)C[C@](C)(C(=O)c1ncc[nH]1)O2. The van der Waals surface area contributed by atoms with Crippen molar-refractivity contribution in [3.63, 3.8) is 0 Å². The molecule has 0 saturated heterocycles. The number of carbonyl (C=O) groups excluding carboxylic acids is 1. The van der Waals surface area contributed by atoms with Crippen LogP contribution in [0.4, 0.5) is 0 Å². The summed E-state index contributed by atoms with van der Waals surface area (Å²) < 4.78 is 13.0. The van der Waals surface area contributed by atoms with Crippen molar-refractivity contribution in [1.29, 1.82) is 0 Å². The van der Waals surface area contributed by atoms with Crippen LogP contribution < -0.4 is 9.16 Å². The highest BCUT2D eigenvalue weighted by Crippen LogP contribution is 2.48. The molecule has 1 aromatic carbocycles. The Morgan fingerprint density at radius 3 is 2.39 bits per heavy atom. The lowest BCUT2D eigenvalue weighted by Gasteiger charge is -2.38. The predicted octanol–water partition coefficient (Wildman–Crippen LogP) is 5.30. The molecule has 0 saturated carbocycles. The Morgan fingerprint density at radius 1 is 1.21 bits per heavy atom. The van der Waals surface area contributed by atoms with Crippen molar-refractivity contribution in [2.24, 2.45) is 0 Å². The van der Waals surface area contributed by atoms with Gasteiger partial charge in [-0.15, -0.1) is 0 Å². The highest BCUT2D eigenvalue weighted by Gasteiger charge is 2.46. The van der Waals surface area contributed by atoms with E-state index in [0.717, 1.165) is 33.8 Å². The van der Waals surface area contributed by atoms with Gasteiger partial charge in [0, 0.05) is 24.4 Å². The van der Waals surface area contributed by atoms with E-state index in [0.29, 0.717) is 12.2 Å². The van der Waals surface area contributed by atoms with Crippen LogP contribution >= 0.6 is 0 Å². The molecular weight excluding hydrogens is 368 g/mol. The number of aromatic amines is 1. The number of rotatable bonds is 4. The van der Waals surface area contributed by atoms with E-state index in [4.69, 9.17) is 9.16 Å². The number of ketones is 1. The molecule has 28 heavy (non-hydrogen) atoms. The van der Waals surface area contributed by atoms with Gasteiger partial charge in [-0.3, -0.25) is 4.79 Å². The van der Waals surface area contributed by atoms with Crippen LogP contribution in [0.3, 0.4) is 0 Å². The first kappa shape index (κ1) is 20.6. The summed E-state index contributed by atoms with van der Waals surface area (Å²) in [7, 11) is -1.99. The molecule has 5 nitrogen and oxygen atoms in total. The summed E-state index contributed by atoms with van der Waals surface area (Å²) in [6.07, 6.45) is 3.76. The minimum atomic E-state index is -1.99. The van der Waals surface area contributed by atoms with Gasteiger partial charge in [-0.25, -0.2) is 4.98 Å². The molecule has 152 valence electrons. The third-order valence-corrected chi connectivity index (χ3v) is 10.8. The van der Waals surface area contributed by atoms with E-state index in [-0.39, 0.29) is 10.8 Å². The fraction of sp³-hybridized carbons (Fsp3) is 0.545. The van der Waals surface area contributed by atoms with Gasteiger partial charge in [-0.1, -0.05) is 20.8 Å². The van der Waals surface area contributed by atoms with Crippen LogP contribution in [0.25, 0.3) is 0 Å². The predicted molar refractivity (Wildman–Crippen MR) is 114 cm³/mol. The van der Waals surface area contributed by atoms with Crippen molar-refractivity contribution >= 4 is 14.1 Å². The number of H-pyrrole nitrogens is 1. The Morgan fingerprint density at radius 2 is 1.86 bits per heavy atom. The highest BCUT2D eigenvalue weighted by molar-refractivity contribution is 6.74. The fourth-order valence-electron chi connectivity index (χ4n) is 3.43. The zero-order chi connectivity index (χ0) is 21.1. The van der Waals surface area contributed by atoms with E-state index in [2.05, 4.69) is 64.6 Å². The van der Waals surface area contributed by atoms with Crippen molar-refractivity contribution in [3.8, 4) is 11.5 Å². The molecule has 2 heterocycles. The van der Waals surface area contributed by atoms with Crippen molar-refractivity contribution < 1.29 is 14.0 Å². The number of aromatic nitrogens is 2. The molecule has 1 N–H and O–H groups in total. The average Bonchev–Trinajstić information content (AvgIpc) is 3.23. The topological polar surface area (TPSA) is 64.2 Å². The van der Waals surface area contributed by atoms with E-state index >= 15 is 0 Å². The van der Waals surface area contributed by atoms with Crippen LogP contribution in [-0.4, -0.2) is 29.7 Å². The summed E-state index contributed by atoms with van der Waals surface area (Å²) in [5, 5.41) is 0.110. The Balaban J connectivity index is 2.04. The number of nitrogens with one attached hydrogen (secondary N) is 1. The summed E-state index contributed by atoms with van der Waals surface area (Å²) >= 11 is 0. The molecule has 0 spiro atoms. The van der Waals surface area contributed by atoms with Gasteiger partial charge in [0.05, 0.1) is 0 Å². The van der Waals surface area contributed by atoms with Gasteiger partial charge in [0.15, 0.2) is 11.4 Å². The zero-order valence-corrected chi connectivity index (χ0v) is 19.5. The summed E-state index contributed by atoms with van der Waals surface area (Å²) in [5.74, 6) is 1.98. The number of Topliss-reactive ketones (excluding diaryl/α,β-unsaturated/α-hetero) is 1. The van der Waals surface area contributed by atoms with Crippen molar-refractivity contribution in [2.45, 2.75) is 78.6 Å². The molecule has 0 radical (unpaired) electrons. The Bertz CT molecular complexity index is 926. The standard InChI is InChI=1S/C22H32N2O3Si/c1-13-14(2)18-16(15(3)17(13)27-28(8,9)21(4,5)6)12-22(7,26-18)19(25)20-23-10-11-24-20/h10-11H,12H2,1-9H3,(H,23,24)/t22-/m1/s1. The molecule has 1 aromatic heterocycles.